The third-order valence-electron chi connectivity index (χ3n) is 4.06. The summed E-state index contributed by atoms with van der Waals surface area (Å²) in [5, 5.41) is 0. The highest BCUT2D eigenvalue weighted by Gasteiger charge is 2.39. The lowest BCUT2D eigenvalue weighted by Crippen LogP contribution is -2.17. The molecule has 1 aliphatic heterocycles. The van der Waals surface area contributed by atoms with Gasteiger partial charge in [0.2, 0.25) is 0 Å². The molecule has 25 heavy (non-hydrogen) atoms. The summed E-state index contributed by atoms with van der Waals surface area (Å²) in [5.41, 5.74) is 1.23. The Labute approximate surface area is 143 Å². The van der Waals surface area contributed by atoms with Crippen LogP contribution in [0.3, 0.4) is 0 Å². The van der Waals surface area contributed by atoms with Gasteiger partial charge in [-0.05, 0) is 36.4 Å². The molecule has 0 fully saturated rings. The molecule has 3 aromatic rings. The number of rotatable bonds is 1. The lowest BCUT2D eigenvalue weighted by molar-refractivity contribution is 0.443. The molecule has 4 rings (SSSR count). The fourth-order valence-corrected chi connectivity index (χ4v) is 5.38. The van der Waals surface area contributed by atoms with E-state index in [0.29, 0.717) is 27.3 Å². The fraction of sp³-hybridized carbons (Fsp3) is 0.0526. The van der Waals surface area contributed by atoms with E-state index < -0.39 is 40.0 Å². The molecule has 1 aliphatic rings. The maximum atomic E-state index is 13.7. The molecule has 6 heteroatoms. The maximum Gasteiger partial charge on any atom is 0.194 e. The van der Waals surface area contributed by atoms with E-state index in [4.69, 9.17) is 0 Å². The molecule has 0 aliphatic carbocycles. The minimum Gasteiger partial charge on any atom is -0.207 e. The van der Waals surface area contributed by atoms with E-state index in [-0.39, 0.29) is 4.90 Å². The molecule has 0 saturated carbocycles. The Morgan fingerprint density at radius 2 is 1.12 bits per heavy atom. The molecule has 0 radical (unpaired) electrons. The molecule has 0 N–H and O–H groups in total. The van der Waals surface area contributed by atoms with Crippen LogP contribution in [0.4, 0.5) is 22.0 Å². The minimum absolute atomic E-state index is 0.219. The van der Waals surface area contributed by atoms with E-state index in [0.717, 1.165) is 12.1 Å². The van der Waals surface area contributed by atoms with Gasteiger partial charge < -0.3 is 0 Å². The molecular formula is C19H10F5S+. The van der Waals surface area contributed by atoms with E-state index >= 15 is 0 Å². The molecule has 0 bridgehead atoms. The standard InChI is InChI=1S/C19H10F5S/c20-12-1-3-17-10(6-12)5-11-7-13(21)2-4-18(11)25(17)14-8-15(22)19(24)16(23)9-14/h1-4,6-9H,5H2/q+1. The first-order valence-electron chi connectivity index (χ1n) is 7.40. The molecule has 0 saturated heterocycles. The van der Waals surface area contributed by atoms with E-state index in [9.17, 15) is 22.0 Å². The van der Waals surface area contributed by atoms with Gasteiger partial charge in [-0.1, -0.05) is 0 Å². The average molecular weight is 365 g/mol. The molecule has 0 spiro atoms. The molecule has 1 heterocycles. The summed E-state index contributed by atoms with van der Waals surface area (Å²) in [7, 11) is -0.983. The summed E-state index contributed by atoms with van der Waals surface area (Å²) in [4.78, 5) is 1.59. The van der Waals surface area contributed by atoms with Crippen LogP contribution >= 0.6 is 0 Å². The van der Waals surface area contributed by atoms with Gasteiger partial charge in [-0.2, -0.15) is 0 Å². The second kappa shape index (κ2) is 5.88. The Morgan fingerprint density at radius 1 is 0.640 bits per heavy atom. The van der Waals surface area contributed by atoms with Crippen LogP contribution in [0.1, 0.15) is 11.1 Å². The monoisotopic (exact) mass is 365 g/mol. The van der Waals surface area contributed by atoms with Gasteiger partial charge in [0.1, 0.15) is 22.5 Å². The molecule has 0 atom stereocenters. The fourth-order valence-electron chi connectivity index (χ4n) is 3.00. The van der Waals surface area contributed by atoms with Gasteiger partial charge in [-0.3, -0.25) is 0 Å². The van der Waals surface area contributed by atoms with Crippen molar-refractivity contribution in [1.82, 2.24) is 0 Å². The lowest BCUT2D eigenvalue weighted by Gasteiger charge is -2.19. The van der Waals surface area contributed by atoms with Crippen molar-refractivity contribution < 1.29 is 22.0 Å². The summed E-state index contributed by atoms with van der Waals surface area (Å²) in [6.45, 7) is 0. The van der Waals surface area contributed by atoms with Crippen molar-refractivity contribution >= 4 is 10.9 Å². The third-order valence-corrected chi connectivity index (χ3v) is 6.44. The smallest absolute Gasteiger partial charge is 0.194 e. The van der Waals surface area contributed by atoms with Crippen LogP contribution in [-0.2, 0) is 17.3 Å². The average Bonchev–Trinajstić information content (AvgIpc) is 2.56. The Hall–Kier alpha value is -2.34. The maximum absolute atomic E-state index is 13.7. The van der Waals surface area contributed by atoms with Crippen molar-refractivity contribution in [3.8, 4) is 0 Å². The van der Waals surface area contributed by atoms with Crippen molar-refractivity contribution in [2.45, 2.75) is 21.1 Å². The Bertz CT molecular complexity index is 925. The minimum atomic E-state index is -1.54. The molecule has 3 aromatic carbocycles. The van der Waals surface area contributed by atoms with E-state index in [2.05, 4.69) is 0 Å². The summed E-state index contributed by atoms with van der Waals surface area (Å²) < 4.78 is 68.1. The second-order valence-electron chi connectivity index (χ2n) is 5.69. The molecule has 0 unspecified atom stereocenters. The van der Waals surface area contributed by atoms with Crippen LogP contribution in [0.2, 0.25) is 0 Å². The van der Waals surface area contributed by atoms with Crippen molar-refractivity contribution in [1.29, 1.82) is 0 Å². The zero-order valence-electron chi connectivity index (χ0n) is 12.6. The quantitative estimate of drug-likeness (QED) is 0.241. The number of hydrogen-bond donors (Lipinski definition) is 0. The molecule has 0 amide bonds. The van der Waals surface area contributed by atoms with Gasteiger partial charge in [-0.15, -0.1) is 0 Å². The highest BCUT2D eigenvalue weighted by Crippen LogP contribution is 2.41. The van der Waals surface area contributed by atoms with Gasteiger partial charge in [0.05, 0.1) is 0 Å². The second-order valence-corrected chi connectivity index (χ2v) is 7.65. The Balaban J connectivity index is 1.99. The summed E-state index contributed by atoms with van der Waals surface area (Å²) in [5.74, 6) is -5.01. The van der Waals surface area contributed by atoms with Crippen LogP contribution in [-0.4, -0.2) is 0 Å². The SMILES string of the molecule is Fc1ccc2c(c1)Cc1cc(F)ccc1[S+]2c1cc(F)c(F)c(F)c1. The first kappa shape index (κ1) is 16.1. The molecule has 0 aromatic heterocycles. The van der Waals surface area contributed by atoms with Gasteiger partial charge >= 0.3 is 0 Å². The normalized spacial score (nSPS) is 13.5. The van der Waals surface area contributed by atoms with Crippen molar-refractivity contribution in [2.75, 3.05) is 0 Å². The predicted molar refractivity (Wildman–Crippen MR) is 84.1 cm³/mol. The summed E-state index contributed by atoms with van der Waals surface area (Å²) >= 11 is 0. The number of halogens is 5. The summed E-state index contributed by atoms with van der Waals surface area (Å²) in [6.07, 6.45) is 0.315. The Morgan fingerprint density at radius 3 is 1.60 bits per heavy atom. The van der Waals surface area contributed by atoms with Crippen LogP contribution in [0.15, 0.2) is 63.2 Å². The van der Waals surface area contributed by atoms with Gasteiger partial charge in [0.15, 0.2) is 32.1 Å². The number of fused-ring (bicyclic) bond motifs is 2. The largest absolute Gasteiger partial charge is 0.207 e. The van der Waals surface area contributed by atoms with Gasteiger partial charge in [0, 0.05) is 29.7 Å². The van der Waals surface area contributed by atoms with Crippen LogP contribution < -0.4 is 0 Å². The molecule has 0 nitrogen and oxygen atoms in total. The van der Waals surface area contributed by atoms with Crippen LogP contribution in [0, 0.1) is 29.1 Å². The topological polar surface area (TPSA) is 0 Å². The Kier molecular flexibility index (Phi) is 3.80. The van der Waals surface area contributed by atoms with E-state index in [1.165, 1.54) is 24.3 Å². The molecule has 126 valence electrons. The number of benzene rings is 3. The zero-order chi connectivity index (χ0) is 17.7. The predicted octanol–water partition coefficient (Wildman–Crippen LogP) is 5.38. The van der Waals surface area contributed by atoms with Crippen molar-refractivity contribution in [3.63, 3.8) is 0 Å². The summed E-state index contributed by atoms with van der Waals surface area (Å²) in [6, 6.07) is 10.2. The van der Waals surface area contributed by atoms with Gasteiger partial charge in [0.25, 0.3) is 0 Å². The van der Waals surface area contributed by atoms with Crippen molar-refractivity contribution in [3.05, 3.63) is 88.7 Å². The van der Waals surface area contributed by atoms with Crippen molar-refractivity contribution in [2.24, 2.45) is 0 Å². The zero-order valence-corrected chi connectivity index (χ0v) is 13.4. The highest BCUT2D eigenvalue weighted by molar-refractivity contribution is 7.97. The first-order chi connectivity index (χ1) is 11.9. The highest BCUT2D eigenvalue weighted by atomic mass is 32.2. The third kappa shape index (κ3) is 2.70. The van der Waals surface area contributed by atoms with E-state index in [1.54, 1.807) is 12.1 Å². The van der Waals surface area contributed by atoms with Crippen LogP contribution in [0.25, 0.3) is 0 Å². The lowest BCUT2D eigenvalue weighted by atomic mass is 10.0. The first-order valence-corrected chi connectivity index (χ1v) is 8.62. The van der Waals surface area contributed by atoms with Gasteiger partial charge in [-0.25, -0.2) is 22.0 Å². The van der Waals surface area contributed by atoms with E-state index in [1.807, 2.05) is 0 Å². The number of hydrogen-bond acceptors (Lipinski definition) is 0. The molecular weight excluding hydrogens is 355 g/mol. The van der Waals surface area contributed by atoms with Crippen LogP contribution in [0.5, 0.6) is 0 Å².